The molecule has 0 saturated heterocycles. The first-order valence-corrected chi connectivity index (χ1v) is 10.9. The van der Waals surface area contributed by atoms with Crippen LogP contribution in [0.4, 0.5) is 5.82 Å². The fourth-order valence-electron chi connectivity index (χ4n) is 2.49. The number of nitrogens with zero attached hydrogens (tertiary/aromatic N) is 5. The van der Waals surface area contributed by atoms with Crippen LogP contribution in [0, 0.1) is 6.92 Å². The number of aliphatic hydroxyl groups excluding tert-OH is 2. The topological polar surface area (TPSA) is 129 Å². The van der Waals surface area contributed by atoms with Gasteiger partial charge in [0.2, 0.25) is 0 Å². The van der Waals surface area contributed by atoms with E-state index in [0.717, 1.165) is 9.92 Å². The summed E-state index contributed by atoms with van der Waals surface area (Å²) < 4.78 is 6.08. The van der Waals surface area contributed by atoms with Crippen LogP contribution in [0.25, 0.3) is 0 Å². The standard InChI is InChI=1S/C19H17BN6O3S2/c1-11-14(5-7-23-26-11)29-15-8-12(30-16-4-2-3-6-21-16)9-22-18(15)25-19-24-17(20-31-19)13(28)10-27/h2-9,13,27-28H,10H2,1H3,(H,22,24,25). The molecule has 0 spiro atoms. The van der Waals surface area contributed by atoms with E-state index in [1.165, 1.54) is 22.9 Å². The Bertz CT molecular complexity index is 1230. The number of hydrogen-bond donors (Lipinski definition) is 3. The molecule has 1 atom stereocenters. The number of ether oxygens (including phenoxy) is 1. The SMILES string of the molecule is Cc1nnccc1Oc1cc(Sc2ccccn2)cnc1/N=c1/[nH]c(C(O)CO)bs1. The summed E-state index contributed by atoms with van der Waals surface area (Å²) in [4.78, 5) is 17.6. The summed E-state index contributed by atoms with van der Waals surface area (Å²) >= 11 is 2.74. The Kier molecular flexibility index (Phi) is 6.82. The second kappa shape index (κ2) is 9.92. The quantitative estimate of drug-likeness (QED) is 0.390. The summed E-state index contributed by atoms with van der Waals surface area (Å²) in [5, 5.41) is 27.6. The van der Waals surface area contributed by atoms with E-state index in [1.54, 1.807) is 37.7 Å². The number of hydrogen-bond acceptors (Lipinski definition) is 10. The Morgan fingerprint density at radius 3 is 2.94 bits per heavy atom. The minimum absolute atomic E-state index is 0.352. The molecule has 4 heterocycles. The van der Waals surface area contributed by atoms with Crippen molar-refractivity contribution in [1.29, 1.82) is 0 Å². The zero-order chi connectivity index (χ0) is 21.6. The molecule has 0 fully saturated rings. The van der Waals surface area contributed by atoms with Gasteiger partial charge in [-0.15, -0.1) is 0 Å². The molecule has 0 aromatic carbocycles. The van der Waals surface area contributed by atoms with Gasteiger partial charge >= 0.3 is 186 Å². The second-order valence-corrected chi connectivity index (χ2v) is 8.23. The Labute approximate surface area is 186 Å². The summed E-state index contributed by atoms with van der Waals surface area (Å²) in [5.74, 6) is 1.33. The molecule has 0 aliphatic carbocycles. The van der Waals surface area contributed by atoms with Crippen LogP contribution in [0.5, 0.6) is 11.5 Å². The van der Waals surface area contributed by atoms with E-state index in [1.807, 2.05) is 24.3 Å². The van der Waals surface area contributed by atoms with Gasteiger partial charge in [-0.3, -0.25) is 0 Å². The number of aliphatic hydroxyl groups is 2. The van der Waals surface area contributed by atoms with Crippen molar-refractivity contribution in [2.45, 2.75) is 22.9 Å². The number of pyridine rings is 2. The predicted molar refractivity (Wildman–Crippen MR) is 117 cm³/mol. The molecule has 31 heavy (non-hydrogen) atoms. The summed E-state index contributed by atoms with van der Waals surface area (Å²) in [6.07, 6.45) is 5.68. The number of rotatable bonds is 7. The zero-order valence-corrected chi connectivity index (χ0v) is 18.0. The van der Waals surface area contributed by atoms with Gasteiger partial charge in [-0.1, -0.05) is 0 Å². The van der Waals surface area contributed by atoms with Crippen molar-refractivity contribution in [2.75, 3.05) is 6.61 Å². The van der Waals surface area contributed by atoms with E-state index in [2.05, 4.69) is 30.1 Å². The molecule has 12 heteroatoms. The van der Waals surface area contributed by atoms with Crippen LogP contribution in [0.15, 0.2) is 63.8 Å². The average molecular weight is 452 g/mol. The van der Waals surface area contributed by atoms with Crippen molar-refractivity contribution < 1.29 is 14.9 Å². The fraction of sp³-hybridized carbons (Fsp3) is 0.158. The average Bonchev–Trinajstić information content (AvgIpc) is 3.26. The summed E-state index contributed by atoms with van der Waals surface area (Å²) in [5.41, 5.74) is 1.11. The Morgan fingerprint density at radius 2 is 2.16 bits per heavy atom. The monoisotopic (exact) mass is 452 g/mol. The van der Waals surface area contributed by atoms with Crippen LogP contribution in [-0.4, -0.2) is 48.1 Å². The molecule has 3 N–H and O–H groups in total. The van der Waals surface area contributed by atoms with Crippen molar-refractivity contribution in [3.05, 3.63) is 65.0 Å². The van der Waals surface area contributed by atoms with Crippen LogP contribution in [-0.2, 0) is 0 Å². The van der Waals surface area contributed by atoms with Crippen LogP contribution in [0.2, 0.25) is 0 Å². The summed E-state index contributed by atoms with van der Waals surface area (Å²) in [6, 6.07) is 9.24. The first-order valence-electron chi connectivity index (χ1n) is 9.19. The van der Waals surface area contributed by atoms with Crippen molar-refractivity contribution in [2.24, 2.45) is 4.99 Å². The van der Waals surface area contributed by atoms with Gasteiger partial charge in [-0.05, 0) is 0 Å². The zero-order valence-electron chi connectivity index (χ0n) is 16.3. The molecule has 0 aliphatic rings. The van der Waals surface area contributed by atoms with Gasteiger partial charge in [0.05, 0.1) is 0 Å². The molecule has 0 aliphatic heterocycles. The van der Waals surface area contributed by atoms with Crippen molar-refractivity contribution in [3.8, 4) is 11.5 Å². The van der Waals surface area contributed by atoms with E-state index in [4.69, 9.17) is 9.84 Å². The molecule has 9 nitrogen and oxygen atoms in total. The molecule has 4 rings (SSSR count). The van der Waals surface area contributed by atoms with Gasteiger partial charge in [-0.2, -0.15) is 0 Å². The number of aromatic nitrogens is 5. The maximum atomic E-state index is 9.79. The van der Waals surface area contributed by atoms with Gasteiger partial charge in [0.1, 0.15) is 0 Å². The molecular formula is C19H17BN6O3S2. The molecule has 0 saturated carbocycles. The summed E-state index contributed by atoms with van der Waals surface area (Å²) in [7, 11) is 0. The fourth-order valence-corrected chi connectivity index (χ4v) is 4.04. The molecule has 4 aromatic rings. The molecular weight excluding hydrogens is 435 g/mol. The third-order valence-corrected chi connectivity index (χ3v) is 5.73. The number of nitrogens with one attached hydrogen (secondary N) is 1. The number of aromatic amines is 1. The van der Waals surface area contributed by atoms with Crippen molar-refractivity contribution in [3.63, 3.8) is 0 Å². The minimum atomic E-state index is -0.994. The van der Waals surface area contributed by atoms with E-state index >= 15 is 0 Å². The number of H-pyrrole nitrogens is 1. The first-order chi connectivity index (χ1) is 15.1. The van der Waals surface area contributed by atoms with Crippen molar-refractivity contribution in [1.82, 2.24) is 25.1 Å². The van der Waals surface area contributed by atoms with Gasteiger partial charge in [0.15, 0.2) is 0 Å². The molecule has 156 valence electrons. The Hall–Kier alpha value is -2.93. The van der Waals surface area contributed by atoms with Crippen LogP contribution < -0.4 is 9.54 Å². The second-order valence-electron chi connectivity index (χ2n) is 6.28. The normalized spacial score (nSPS) is 12.5. The van der Waals surface area contributed by atoms with Gasteiger partial charge in [0.25, 0.3) is 0 Å². The Balaban J connectivity index is 1.72. The van der Waals surface area contributed by atoms with E-state index in [-0.39, 0.29) is 6.61 Å². The maximum absolute atomic E-state index is 9.79. The van der Waals surface area contributed by atoms with Crippen LogP contribution in [0.1, 0.15) is 17.4 Å². The van der Waals surface area contributed by atoms with Crippen LogP contribution in [0.3, 0.4) is 0 Å². The van der Waals surface area contributed by atoms with Crippen molar-refractivity contribution >= 4 is 34.9 Å². The molecule has 1 unspecified atom stereocenters. The third kappa shape index (κ3) is 5.41. The Morgan fingerprint density at radius 1 is 1.26 bits per heavy atom. The van der Waals surface area contributed by atoms with E-state index in [0.29, 0.717) is 33.4 Å². The van der Waals surface area contributed by atoms with Crippen LogP contribution >= 0.6 is 22.9 Å². The number of aryl methyl sites for hydroxylation is 1. The van der Waals surface area contributed by atoms with E-state index < -0.39 is 6.10 Å². The third-order valence-electron chi connectivity index (χ3n) is 4.03. The van der Waals surface area contributed by atoms with Gasteiger partial charge < -0.3 is 0 Å². The molecule has 0 radical (unpaired) electrons. The first kappa shape index (κ1) is 21.3. The summed E-state index contributed by atoms with van der Waals surface area (Å²) in [6.45, 7) is 1.42. The molecule has 4 aromatic heterocycles. The molecule has 0 bridgehead atoms. The van der Waals surface area contributed by atoms with Gasteiger partial charge in [-0.25, -0.2) is 0 Å². The van der Waals surface area contributed by atoms with E-state index in [9.17, 15) is 5.11 Å². The van der Waals surface area contributed by atoms with Gasteiger partial charge in [0, 0.05) is 0 Å². The predicted octanol–water partition coefficient (Wildman–Crippen LogP) is 2.50. The molecule has 0 amide bonds.